The molecule has 0 unspecified atom stereocenters. The van der Waals surface area contributed by atoms with Crippen molar-refractivity contribution >= 4 is 11.8 Å². The van der Waals surface area contributed by atoms with Crippen LogP contribution in [0.1, 0.15) is 39.5 Å². The molecule has 1 saturated heterocycles. The second kappa shape index (κ2) is 4.04. The van der Waals surface area contributed by atoms with Crippen LogP contribution in [0.5, 0.6) is 0 Å². The molecule has 0 radical (unpaired) electrons. The molecular formula is C15H22O5. The Labute approximate surface area is 118 Å². The van der Waals surface area contributed by atoms with Gasteiger partial charge in [0.1, 0.15) is 6.10 Å². The van der Waals surface area contributed by atoms with E-state index in [1.165, 1.54) is 7.11 Å². The Hall–Kier alpha value is -0.940. The highest BCUT2D eigenvalue weighted by Crippen LogP contribution is 2.62. The van der Waals surface area contributed by atoms with Gasteiger partial charge in [-0.3, -0.25) is 4.79 Å². The Balaban J connectivity index is 2.08. The normalized spacial score (nSPS) is 45.9. The molecule has 20 heavy (non-hydrogen) atoms. The van der Waals surface area contributed by atoms with Gasteiger partial charge in [-0.25, -0.2) is 4.79 Å². The molecule has 3 fully saturated rings. The molecule has 0 amide bonds. The molecular weight excluding hydrogens is 260 g/mol. The monoisotopic (exact) mass is 282 g/mol. The van der Waals surface area contributed by atoms with E-state index in [4.69, 9.17) is 9.47 Å². The smallest absolute Gasteiger partial charge is 0.346 e. The summed E-state index contributed by atoms with van der Waals surface area (Å²) in [7, 11) is 1.25. The van der Waals surface area contributed by atoms with Crippen molar-refractivity contribution in [3.05, 3.63) is 0 Å². The van der Waals surface area contributed by atoms with Gasteiger partial charge in [-0.15, -0.1) is 0 Å². The maximum Gasteiger partial charge on any atom is 0.346 e. The quantitative estimate of drug-likeness (QED) is 0.575. The number of fused-ring (bicyclic) bond motifs is 1. The highest BCUT2D eigenvalue weighted by molar-refractivity contribution is 6.10. The molecule has 2 aliphatic carbocycles. The Morgan fingerprint density at radius 1 is 1.40 bits per heavy atom. The third-order valence-electron chi connectivity index (χ3n) is 5.70. The molecule has 0 aromatic rings. The van der Waals surface area contributed by atoms with Gasteiger partial charge in [0, 0.05) is 17.8 Å². The van der Waals surface area contributed by atoms with Crippen LogP contribution in [0.25, 0.3) is 0 Å². The minimum Gasteiger partial charge on any atom is -0.467 e. The van der Waals surface area contributed by atoms with Crippen molar-refractivity contribution in [1.82, 2.24) is 0 Å². The number of hydrogen-bond acceptors (Lipinski definition) is 5. The molecule has 2 saturated carbocycles. The van der Waals surface area contributed by atoms with Crippen LogP contribution in [0.2, 0.25) is 0 Å². The number of Topliss-reactive ketones (excluding diaryl/α,β-unsaturated/α-hetero) is 1. The Morgan fingerprint density at radius 2 is 2.10 bits per heavy atom. The van der Waals surface area contributed by atoms with Gasteiger partial charge < -0.3 is 14.6 Å². The SMILES string of the molecule is COC(=O)[C@]12C[C@@]3(CCCC(C)(C)[C@H]3[C@H](O)C1=O)CO2. The van der Waals surface area contributed by atoms with Crippen molar-refractivity contribution in [3.8, 4) is 0 Å². The van der Waals surface area contributed by atoms with Crippen LogP contribution in [0.3, 0.4) is 0 Å². The van der Waals surface area contributed by atoms with E-state index in [0.717, 1.165) is 19.3 Å². The second-order valence-electron chi connectivity index (χ2n) is 7.28. The van der Waals surface area contributed by atoms with E-state index < -0.39 is 23.5 Å². The predicted molar refractivity (Wildman–Crippen MR) is 69.9 cm³/mol. The third-order valence-corrected chi connectivity index (χ3v) is 5.70. The molecule has 3 aliphatic rings. The average molecular weight is 282 g/mol. The first kappa shape index (κ1) is 14.0. The molecule has 5 heteroatoms. The topological polar surface area (TPSA) is 72.8 Å². The number of aliphatic hydroxyl groups excluding tert-OH is 1. The van der Waals surface area contributed by atoms with Crippen molar-refractivity contribution in [3.63, 3.8) is 0 Å². The molecule has 2 bridgehead atoms. The predicted octanol–water partition coefficient (Wildman–Crippen LogP) is 1.07. The molecule has 1 heterocycles. The molecule has 3 rings (SSSR count). The highest BCUT2D eigenvalue weighted by Gasteiger charge is 2.71. The Bertz CT molecular complexity index is 471. The van der Waals surface area contributed by atoms with Crippen molar-refractivity contribution in [2.45, 2.75) is 51.2 Å². The summed E-state index contributed by atoms with van der Waals surface area (Å²) in [6, 6.07) is 0. The first-order chi connectivity index (χ1) is 9.29. The summed E-state index contributed by atoms with van der Waals surface area (Å²) < 4.78 is 10.4. The zero-order chi connectivity index (χ0) is 14.8. The van der Waals surface area contributed by atoms with Gasteiger partial charge in [0.05, 0.1) is 13.7 Å². The molecule has 1 N–H and O–H groups in total. The zero-order valence-electron chi connectivity index (χ0n) is 12.3. The molecule has 0 aromatic carbocycles. The number of rotatable bonds is 1. The van der Waals surface area contributed by atoms with Crippen LogP contribution in [0.15, 0.2) is 0 Å². The lowest BCUT2D eigenvalue weighted by Crippen LogP contribution is -2.63. The lowest BCUT2D eigenvalue weighted by molar-refractivity contribution is -0.180. The van der Waals surface area contributed by atoms with E-state index in [1.54, 1.807) is 0 Å². The number of ketones is 1. The van der Waals surface area contributed by atoms with Gasteiger partial charge in [-0.2, -0.15) is 0 Å². The maximum absolute atomic E-state index is 12.6. The fraction of sp³-hybridized carbons (Fsp3) is 0.867. The van der Waals surface area contributed by atoms with Gasteiger partial charge in [0.25, 0.3) is 0 Å². The van der Waals surface area contributed by atoms with Crippen molar-refractivity contribution in [2.24, 2.45) is 16.7 Å². The second-order valence-corrected chi connectivity index (χ2v) is 7.28. The summed E-state index contributed by atoms with van der Waals surface area (Å²) in [6.07, 6.45) is 2.13. The van der Waals surface area contributed by atoms with Gasteiger partial charge >= 0.3 is 5.97 Å². The fourth-order valence-corrected chi connectivity index (χ4v) is 4.97. The van der Waals surface area contributed by atoms with E-state index in [1.807, 2.05) is 0 Å². The van der Waals surface area contributed by atoms with Gasteiger partial charge in [-0.05, 0) is 18.3 Å². The third kappa shape index (κ3) is 1.51. The number of aliphatic hydroxyl groups is 1. The Kier molecular flexibility index (Phi) is 2.83. The van der Waals surface area contributed by atoms with E-state index in [0.29, 0.717) is 13.0 Å². The molecule has 112 valence electrons. The highest BCUT2D eigenvalue weighted by atomic mass is 16.6. The molecule has 0 aromatic heterocycles. The van der Waals surface area contributed by atoms with E-state index in [-0.39, 0.29) is 16.7 Å². The summed E-state index contributed by atoms with van der Waals surface area (Å²) in [5.74, 6) is -1.32. The van der Waals surface area contributed by atoms with Gasteiger partial charge in [0.2, 0.25) is 11.4 Å². The fourth-order valence-electron chi connectivity index (χ4n) is 4.97. The molecule has 5 nitrogen and oxygen atoms in total. The van der Waals surface area contributed by atoms with Crippen LogP contribution >= 0.6 is 0 Å². The van der Waals surface area contributed by atoms with Crippen LogP contribution in [0.4, 0.5) is 0 Å². The van der Waals surface area contributed by atoms with E-state index >= 15 is 0 Å². The Morgan fingerprint density at radius 3 is 2.75 bits per heavy atom. The number of ether oxygens (including phenoxy) is 2. The summed E-state index contributed by atoms with van der Waals surface area (Å²) in [6.45, 7) is 4.55. The number of esters is 1. The van der Waals surface area contributed by atoms with Crippen molar-refractivity contribution in [2.75, 3.05) is 13.7 Å². The first-order valence-electron chi connectivity index (χ1n) is 7.24. The summed E-state index contributed by atoms with van der Waals surface area (Å²) >= 11 is 0. The van der Waals surface area contributed by atoms with Crippen LogP contribution in [0, 0.1) is 16.7 Å². The standard InChI is InChI=1S/C15H22O5/c1-13(2)5-4-6-14-7-15(20-8-14,12(18)19-3)11(17)9(16)10(13)14/h9-10,16H,4-8H2,1-3H3/t9-,10+,14-,15-/m0/s1. The van der Waals surface area contributed by atoms with Crippen molar-refractivity contribution in [1.29, 1.82) is 0 Å². The minimum absolute atomic E-state index is 0.122. The lowest BCUT2D eigenvalue weighted by atomic mass is 9.49. The van der Waals surface area contributed by atoms with Crippen molar-refractivity contribution < 1.29 is 24.2 Å². The number of hydrogen-bond donors (Lipinski definition) is 1. The van der Waals surface area contributed by atoms with Crippen LogP contribution in [-0.4, -0.2) is 42.3 Å². The van der Waals surface area contributed by atoms with Gasteiger partial charge in [-0.1, -0.05) is 20.3 Å². The van der Waals surface area contributed by atoms with Gasteiger partial charge in [0.15, 0.2) is 0 Å². The van der Waals surface area contributed by atoms with Crippen LogP contribution < -0.4 is 0 Å². The largest absolute Gasteiger partial charge is 0.467 e. The van der Waals surface area contributed by atoms with E-state index in [9.17, 15) is 14.7 Å². The number of carbonyl (C=O) groups excluding carboxylic acids is 2. The number of methoxy groups -OCH3 is 1. The lowest BCUT2D eigenvalue weighted by Gasteiger charge is -2.54. The van der Waals surface area contributed by atoms with Crippen LogP contribution in [-0.2, 0) is 19.1 Å². The average Bonchev–Trinajstić information content (AvgIpc) is 2.72. The van der Waals surface area contributed by atoms with E-state index in [2.05, 4.69) is 13.8 Å². The molecule has 1 spiro atoms. The summed E-state index contributed by atoms with van der Waals surface area (Å²) in [5, 5.41) is 10.6. The summed E-state index contributed by atoms with van der Waals surface area (Å²) in [5.41, 5.74) is -1.97. The minimum atomic E-state index is -1.57. The summed E-state index contributed by atoms with van der Waals surface area (Å²) in [4.78, 5) is 24.6. The maximum atomic E-state index is 12.6. The molecule has 4 atom stereocenters. The molecule has 1 aliphatic heterocycles. The zero-order valence-corrected chi connectivity index (χ0v) is 12.3. The number of carbonyl (C=O) groups is 2. The first-order valence-corrected chi connectivity index (χ1v) is 7.24.